The molecule has 5 heterocycles. The van der Waals surface area contributed by atoms with Gasteiger partial charge in [0.2, 0.25) is 0 Å². The fourth-order valence-corrected chi connectivity index (χ4v) is 5.05. The largest absolute Gasteiger partial charge is 0.456 e. The van der Waals surface area contributed by atoms with Crippen molar-refractivity contribution in [3.8, 4) is 0 Å². The third-order valence-electron chi connectivity index (χ3n) is 6.31. The third-order valence-corrected chi connectivity index (χ3v) is 6.31. The smallest absolute Gasteiger partial charge is 0.163 e. The minimum Gasteiger partial charge on any atom is -0.456 e. The maximum absolute atomic E-state index is 6.52. The van der Waals surface area contributed by atoms with Crippen LogP contribution in [0.2, 0.25) is 0 Å². The van der Waals surface area contributed by atoms with Gasteiger partial charge in [0.1, 0.15) is 27.8 Å². The highest BCUT2D eigenvalue weighted by atomic mass is 16.3. The van der Waals surface area contributed by atoms with Gasteiger partial charge in [-0.05, 0) is 36.4 Å². The van der Waals surface area contributed by atoms with E-state index in [4.69, 9.17) is 8.83 Å². The van der Waals surface area contributed by atoms with Gasteiger partial charge in [-0.3, -0.25) is 9.38 Å². The summed E-state index contributed by atoms with van der Waals surface area (Å²) in [5.41, 5.74) is 6.23. The number of fused-ring (bicyclic) bond motifs is 14. The number of hydrogen-bond donors (Lipinski definition) is 0. The van der Waals surface area contributed by atoms with Gasteiger partial charge in [-0.2, -0.15) is 0 Å². The Kier molecular flexibility index (Phi) is 2.60. The van der Waals surface area contributed by atoms with E-state index in [0.29, 0.717) is 0 Å². The van der Waals surface area contributed by atoms with Gasteiger partial charge in [-0.1, -0.05) is 24.3 Å². The van der Waals surface area contributed by atoms with Crippen LogP contribution in [0.1, 0.15) is 0 Å². The molecular weight excluding hydrogens is 386 g/mol. The predicted octanol–water partition coefficient (Wildman–Crippen LogP) is 6.83. The molecule has 0 atom stereocenters. The van der Waals surface area contributed by atoms with Gasteiger partial charge in [0.15, 0.2) is 5.65 Å². The maximum atomic E-state index is 6.52. The fourth-order valence-electron chi connectivity index (χ4n) is 5.05. The van der Waals surface area contributed by atoms with E-state index >= 15 is 0 Å². The van der Waals surface area contributed by atoms with E-state index in [1.165, 1.54) is 0 Å². The summed E-state index contributed by atoms with van der Waals surface area (Å²) in [5.74, 6) is 0. The van der Waals surface area contributed by atoms with Crippen molar-refractivity contribution >= 4 is 71.3 Å². The van der Waals surface area contributed by atoms with Gasteiger partial charge in [0.25, 0.3) is 0 Å². The molecule has 0 aliphatic rings. The Labute approximate surface area is 174 Å². The van der Waals surface area contributed by atoms with Crippen molar-refractivity contribution in [3.63, 3.8) is 0 Å². The quantitative estimate of drug-likeness (QED) is 0.262. The molecule has 0 fully saturated rings. The number of rotatable bonds is 0. The molecule has 0 saturated carbocycles. The number of para-hydroxylation sites is 1. The lowest BCUT2D eigenvalue weighted by atomic mass is 10.0. The molecule has 0 bridgehead atoms. The van der Waals surface area contributed by atoms with E-state index in [2.05, 4.69) is 38.6 Å². The summed E-state index contributed by atoms with van der Waals surface area (Å²) in [6.07, 6.45) is 5.59. The summed E-state index contributed by atoms with van der Waals surface area (Å²) >= 11 is 0. The normalized spacial score (nSPS) is 12.5. The Morgan fingerprint density at radius 3 is 2.42 bits per heavy atom. The Hall–Kier alpha value is -4.38. The highest BCUT2D eigenvalue weighted by molar-refractivity contribution is 6.30. The van der Waals surface area contributed by atoms with Crippen LogP contribution in [0.5, 0.6) is 0 Å². The Bertz CT molecular complexity index is 2010. The molecule has 5 heteroatoms. The molecule has 0 spiro atoms. The molecule has 31 heavy (non-hydrogen) atoms. The van der Waals surface area contributed by atoms with Crippen LogP contribution in [-0.4, -0.2) is 14.4 Å². The number of aromatic nitrogens is 3. The molecule has 8 rings (SSSR count). The van der Waals surface area contributed by atoms with Crippen molar-refractivity contribution in [2.24, 2.45) is 0 Å². The first kappa shape index (κ1) is 15.5. The summed E-state index contributed by atoms with van der Waals surface area (Å²) in [5, 5.41) is 6.43. The van der Waals surface area contributed by atoms with Crippen LogP contribution in [-0.2, 0) is 0 Å². The first-order valence-corrected chi connectivity index (χ1v) is 10.2. The van der Waals surface area contributed by atoms with E-state index in [1.54, 1.807) is 0 Å². The standard InChI is InChI=1S/C26H13N3O2/c1-2-6-18-14(4-1)22-19(30-18)9-10-20-23(22)16-7-8-17-21(25(16)31-20)15-5-3-11-27-24(15)26-28-12-13-29(17)26/h1-13H. The average molecular weight is 399 g/mol. The Balaban J connectivity index is 1.70. The molecule has 0 amide bonds. The molecule has 0 saturated heterocycles. The van der Waals surface area contributed by atoms with Crippen LogP contribution in [0, 0.1) is 0 Å². The first-order chi connectivity index (χ1) is 15.4. The summed E-state index contributed by atoms with van der Waals surface area (Å²) < 4.78 is 14.7. The van der Waals surface area contributed by atoms with Crippen LogP contribution in [0.25, 0.3) is 71.3 Å². The first-order valence-electron chi connectivity index (χ1n) is 10.2. The number of imidazole rings is 1. The second-order valence-electron chi connectivity index (χ2n) is 7.87. The Morgan fingerprint density at radius 1 is 0.613 bits per heavy atom. The van der Waals surface area contributed by atoms with Crippen LogP contribution in [0.15, 0.2) is 88.1 Å². The molecular formula is C26H13N3O2. The molecule has 0 aliphatic heterocycles. The highest BCUT2D eigenvalue weighted by Crippen LogP contribution is 2.43. The van der Waals surface area contributed by atoms with Crippen LogP contribution in [0.3, 0.4) is 0 Å². The van der Waals surface area contributed by atoms with E-state index in [9.17, 15) is 0 Å². The van der Waals surface area contributed by atoms with Crippen molar-refractivity contribution in [1.82, 2.24) is 14.4 Å². The van der Waals surface area contributed by atoms with Crippen molar-refractivity contribution < 1.29 is 8.83 Å². The lowest BCUT2D eigenvalue weighted by Gasteiger charge is -2.07. The van der Waals surface area contributed by atoms with E-state index < -0.39 is 0 Å². The average Bonchev–Trinajstić information content (AvgIpc) is 3.53. The van der Waals surface area contributed by atoms with Crippen LogP contribution in [0.4, 0.5) is 0 Å². The number of hydrogen-bond acceptors (Lipinski definition) is 4. The fraction of sp³-hybridized carbons (Fsp3) is 0. The molecule has 0 unspecified atom stereocenters. The molecule has 0 radical (unpaired) electrons. The zero-order valence-electron chi connectivity index (χ0n) is 16.2. The molecule has 0 aliphatic carbocycles. The van der Waals surface area contributed by atoms with E-state index in [-0.39, 0.29) is 0 Å². The summed E-state index contributed by atoms with van der Waals surface area (Å²) in [6.45, 7) is 0. The number of furan rings is 2. The van der Waals surface area contributed by atoms with E-state index in [1.807, 2.05) is 55.0 Å². The van der Waals surface area contributed by atoms with E-state index in [0.717, 1.165) is 71.3 Å². The van der Waals surface area contributed by atoms with Crippen molar-refractivity contribution in [2.75, 3.05) is 0 Å². The zero-order valence-corrected chi connectivity index (χ0v) is 16.2. The molecule has 0 N–H and O–H groups in total. The molecule has 144 valence electrons. The molecule has 3 aromatic carbocycles. The summed E-state index contributed by atoms with van der Waals surface area (Å²) in [7, 11) is 0. The number of pyridine rings is 2. The summed E-state index contributed by atoms with van der Waals surface area (Å²) in [6, 6.07) is 20.5. The number of benzene rings is 3. The van der Waals surface area contributed by atoms with Gasteiger partial charge in [0.05, 0.1) is 10.9 Å². The van der Waals surface area contributed by atoms with Crippen LogP contribution >= 0.6 is 0 Å². The van der Waals surface area contributed by atoms with Crippen LogP contribution < -0.4 is 0 Å². The maximum Gasteiger partial charge on any atom is 0.163 e. The predicted molar refractivity (Wildman–Crippen MR) is 123 cm³/mol. The minimum atomic E-state index is 0.849. The topological polar surface area (TPSA) is 56.5 Å². The van der Waals surface area contributed by atoms with Gasteiger partial charge in [-0.25, -0.2) is 4.98 Å². The third kappa shape index (κ3) is 1.78. The van der Waals surface area contributed by atoms with Gasteiger partial charge in [-0.15, -0.1) is 0 Å². The number of nitrogens with zero attached hydrogens (tertiary/aromatic N) is 3. The van der Waals surface area contributed by atoms with Crippen molar-refractivity contribution in [2.45, 2.75) is 0 Å². The second-order valence-corrected chi connectivity index (χ2v) is 7.87. The van der Waals surface area contributed by atoms with Gasteiger partial charge in [0, 0.05) is 45.5 Å². The highest BCUT2D eigenvalue weighted by Gasteiger charge is 2.20. The zero-order chi connectivity index (χ0) is 20.1. The van der Waals surface area contributed by atoms with Gasteiger partial charge < -0.3 is 8.83 Å². The SMILES string of the molecule is c1ccc2c(c1)oc1ccc3oc4c(ccc5c4c4cccnc4c4nccn54)c3c12. The lowest BCUT2D eigenvalue weighted by Crippen LogP contribution is -1.92. The molecule has 5 aromatic heterocycles. The second kappa shape index (κ2) is 5.21. The minimum absolute atomic E-state index is 0.849. The monoisotopic (exact) mass is 399 g/mol. The Morgan fingerprint density at radius 2 is 1.45 bits per heavy atom. The lowest BCUT2D eigenvalue weighted by molar-refractivity contribution is 0.664. The van der Waals surface area contributed by atoms with Gasteiger partial charge >= 0.3 is 0 Å². The molecule has 5 nitrogen and oxygen atoms in total. The van der Waals surface area contributed by atoms with Crippen molar-refractivity contribution in [3.05, 3.63) is 79.3 Å². The summed E-state index contributed by atoms with van der Waals surface area (Å²) in [4.78, 5) is 9.18. The molecule has 8 aromatic rings. The van der Waals surface area contributed by atoms with Crippen molar-refractivity contribution in [1.29, 1.82) is 0 Å².